The first-order valence-corrected chi connectivity index (χ1v) is 9.78. The van der Waals surface area contributed by atoms with Crippen LogP contribution in [0.4, 0.5) is 11.8 Å². The fourth-order valence-corrected chi connectivity index (χ4v) is 3.37. The summed E-state index contributed by atoms with van der Waals surface area (Å²) in [5.41, 5.74) is 2.87. The average molecular weight is 351 g/mol. The fourth-order valence-electron chi connectivity index (χ4n) is 3.37. The van der Waals surface area contributed by atoms with Crippen molar-refractivity contribution in [3.05, 3.63) is 59.8 Å². The first kappa shape index (κ1) is 18.4. The zero-order chi connectivity index (χ0) is 18.2. The molecule has 0 bridgehead atoms. The number of hydrogen-bond donors (Lipinski definition) is 1. The van der Waals surface area contributed by atoms with Crippen molar-refractivity contribution in [2.24, 2.45) is 0 Å². The van der Waals surface area contributed by atoms with Gasteiger partial charge in [-0.3, -0.25) is 0 Å². The van der Waals surface area contributed by atoms with Crippen molar-refractivity contribution in [1.82, 2.24) is 9.97 Å². The molecule has 1 N–H and O–H groups in total. The van der Waals surface area contributed by atoms with Gasteiger partial charge >= 0.3 is 0 Å². The van der Waals surface area contributed by atoms with Crippen molar-refractivity contribution in [2.75, 3.05) is 16.8 Å². The summed E-state index contributed by atoms with van der Waals surface area (Å²) in [7, 11) is 0. The minimum atomic E-state index is 0.366. The second-order valence-electron chi connectivity index (χ2n) is 7.23. The standard InChI is InChI=1S/C22H30N4/c1-18(2)26(17-20-11-7-4-8-12-20)21-14-16-24-22(25-21)23-15-13-19-9-5-3-6-10-19/h4,7-9,11-12,14,16,18H,3,5-6,10,13,15,17H2,1-2H3,(H,23,24,25). The summed E-state index contributed by atoms with van der Waals surface area (Å²) in [5.74, 6) is 1.69. The first-order chi connectivity index (χ1) is 12.7. The molecule has 1 aliphatic rings. The first-order valence-electron chi connectivity index (χ1n) is 9.78. The maximum atomic E-state index is 4.76. The Morgan fingerprint density at radius 1 is 1.12 bits per heavy atom. The zero-order valence-electron chi connectivity index (χ0n) is 16.0. The molecule has 4 heteroatoms. The molecule has 3 rings (SSSR count). The molecule has 26 heavy (non-hydrogen) atoms. The molecule has 0 amide bonds. The van der Waals surface area contributed by atoms with Gasteiger partial charge in [-0.1, -0.05) is 42.0 Å². The number of allylic oxidation sites excluding steroid dienone is 1. The molecular weight excluding hydrogens is 320 g/mol. The van der Waals surface area contributed by atoms with Crippen LogP contribution in [0.1, 0.15) is 51.5 Å². The van der Waals surface area contributed by atoms with Gasteiger partial charge in [0.25, 0.3) is 0 Å². The van der Waals surface area contributed by atoms with Crippen LogP contribution in [-0.2, 0) is 6.54 Å². The van der Waals surface area contributed by atoms with Gasteiger partial charge in [-0.05, 0) is 57.6 Å². The van der Waals surface area contributed by atoms with Crippen LogP contribution in [0, 0.1) is 0 Å². The molecule has 0 saturated carbocycles. The summed E-state index contributed by atoms with van der Waals surface area (Å²) in [5, 5.41) is 3.40. The van der Waals surface area contributed by atoms with Gasteiger partial charge in [0.2, 0.25) is 5.95 Å². The van der Waals surface area contributed by atoms with Crippen molar-refractivity contribution in [1.29, 1.82) is 0 Å². The molecular formula is C22H30N4. The Morgan fingerprint density at radius 3 is 2.69 bits per heavy atom. The molecule has 0 unspecified atom stereocenters. The second kappa shape index (κ2) is 9.37. The second-order valence-corrected chi connectivity index (χ2v) is 7.23. The Kier molecular flexibility index (Phi) is 6.64. The summed E-state index contributed by atoms with van der Waals surface area (Å²) in [4.78, 5) is 11.5. The van der Waals surface area contributed by atoms with E-state index in [1.807, 2.05) is 12.3 Å². The number of hydrogen-bond acceptors (Lipinski definition) is 4. The smallest absolute Gasteiger partial charge is 0.224 e. The van der Waals surface area contributed by atoms with Crippen LogP contribution in [0.5, 0.6) is 0 Å². The van der Waals surface area contributed by atoms with E-state index >= 15 is 0 Å². The number of anilines is 2. The van der Waals surface area contributed by atoms with Crippen LogP contribution in [0.15, 0.2) is 54.2 Å². The van der Waals surface area contributed by atoms with E-state index in [-0.39, 0.29) is 0 Å². The lowest BCUT2D eigenvalue weighted by molar-refractivity contribution is 0.670. The maximum absolute atomic E-state index is 4.76. The van der Waals surface area contributed by atoms with E-state index in [0.717, 1.165) is 31.3 Å². The Labute approximate surface area is 157 Å². The maximum Gasteiger partial charge on any atom is 0.224 e. The van der Waals surface area contributed by atoms with Crippen molar-refractivity contribution in [3.63, 3.8) is 0 Å². The third-order valence-corrected chi connectivity index (χ3v) is 4.87. The quantitative estimate of drug-likeness (QED) is 0.665. The van der Waals surface area contributed by atoms with E-state index < -0.39 is 0 Å². The van der Waals surface area contributed by atoms with E-state index in [0.29, 0.717) is 6.04 Å². The lowest BCUT2D eigenvalue weighted by Crippen LogP contribution is -2.31. The van der Waals surface area contributed by atoms with E-state index in [4.69, 9.17) is 4.98 Å². The van der Waals surface area contributed by atoms with E-state index in [1.54, 1.807) is 5.57 Å². The van der Waals surface area contributed by atoms with E-state index in [9.17, 15) is 0 Å². The molecule has 138 valence electrons. The third kappa shape index (κ3) is 5.32. The Morgan fingerprint density at radius 2 is 1.96 bits per heavy atom. The molecule has 0 atom stereocenters. The molecule has 0 saturated heterocycles. The normalized spacial score (nSPS) is 14.2. The largest absolute Gasteiger partial charge is 0.354 e. The minimum Gasteiger partial charge on any atom is -0.354 e. The number of rotatable bonds is 8. The summed E-state index contributed by atoms with van der Waals surface area (Å²) in [6.07, 6.45) is 10.5. The molecule has 1 aromatic carbocycles. The molecule has 2 aromatic rings. The summed E-state index contributed by atoms with van der Waals surface area (Å²) in [6.45, 7) is 6.15. The predicted octanol–water partition coefficient (Wildman–Crippen LogP) is 5.19. The molecule has 1 aromatic heterocycles. The molecule has 4 nitrogen and oxygen atoms in total. The van der Waals surface area contributed by atoms with Crippen molar-refractivity contribution in [3.8, 4) is 0 Å². The minimum absolute atomic E-state index is 0.366. The lowest BCUT2D eigenvalue weighted by Gasteiger charge is -2.28. The SMILES string of the molecule is CC(C)N(Cc1ccccc1)c1ccnc(NCCC2=CCCCC2)n1. The van der Waals surface area contributed by atoms with Crippen LogP contribution in [0.2, 0.25) is 0 Å². The molecule has 0 fully saturated rings. The highest BCUT2D eigenvalue weighted by Gasteiger charge is 2.13. The summed E-state index contributed by atoms with van der Waals surface area (Å²) < 4.78 is 0. The molecule has 0 aliphatic heterocycles. The van der Waals surface area contributed by atoms with E-state index in [1.165, 1.54) is 31.2 Å². The van der Waals surface area contributed by atoms with Crippen LogP contribution >= 0.6 is 0 Å². The van der Waals surface area contributed by atoms with Gasteiger partial charge in [0.15, 0.2) is 0 Å². The average Bonchev–Trinajstić information content (AvgIpc) is 2.68. The van der Waals surface area contributed by atoms with Gasteiger partial charge in [0, 0.05) is 25.3 Å². The number of nitrogens with zero attached hydrogens (tertiary/aromatic N) is 3. The summed E-state index contributed by atoms with van der Waals surface area (Å²) in [6, 6.07) is 12.9. The highest BCUT2D eigenvalue weighted by Crippen LogP contribution is 2.21. The van der Waals surface area contributed by atoms with Crippen molar-refractivity contribution >= 4 is 11.8 Å². The van der Waals surface area contributed by atoms with Crippen molar-refractivity contribution in [2.45, 2.75) is 58.5 Å². The van der Waals surface area contributed by atoms with E-state index in [2.05, 4.69) is 65.5 Å². The lowest BCUT2D eigenvalue weighted by atomic mass is 9.97. The summed E-state index contributed by atoms with van der Waals surface area (Å²) >= 11 is 0. The van der Waals surface area contributed by atoms with Gasteiger partial charge in [0.1, 0.15) is 5.82 Å². The Bertz CT molecular complexity index is 709. The molecule has 0 spiro atoms. The Hall–Kier alpha value is -2.36. The predicted molar refractivity (Wildman–Crippen MR) is 109 cm³/mol. The van der Waals surface area contributed by atoms with Gasteiger partial charge in [-0.2, -0.15) is 4.98 Å². The van der Waals surface area contributed by atoms with Gasteiger partial charge < -0.3 is 10.2 Å². The van der Waals surface area contributed by atoms with Gasteiger partial charge in [0.05, 0.1) is 0 Å². The topological polar surface area (TPSA) is 41.1 Å². The van der Waals surface area contributed by atoms with Gasteiger partial charge in [-0.25, -0.2) is 4.98 Å². The van der Waals surface area contributed by atoms with Crippen LogP contribution in [-0.4, -0.2) is 22.6 Å². The number of aromatic nitrogens is 2. The number of benzene rings is 1. The Balaban J connectivity index is 1.63. The van der Waals surface area contributed by atoms with Crippen molar-refractivity contribution < 1.29 is 0 Å². The fraction of sp³-hybridized carbons (Fsp3) is 0.455. The number of nitrogens with one attached hydrogen (secondary N) is 1. The highest BCUT2D eigenvalue weighted by molar-refractivity contribution is 5.44. The molecule has 1 heterocycles. The monoisotopic (exact) mass is 350 g/mol. The third-order valence-electron chi connectivity index (χ3n) is 4.87. The highest BCUT2D eigenvalue weighted by atomic mass is 15.2. The van der Waals surface area contributed by atoms with Crippen LogP contribution < -0.4 is 10.2 Å². The molecule has 0 radical (unpaired) electrons. The molecule has 1 aliphatic carbocycles. The van der Waals surface area contributed by atoms with Crippen LogP contribution in [0.25, 0.3) is 0 Å². The zero-order valence-corrected chi connectivity index (χ0v) is 16.0. The van der Waals surface area contributed by atoms with Crippen LogP contribution in [0.3, 0.4) is 0 Å². The van der Waals surface area contributed by atoms with Gasteiger partial charge in [-0.15, -0.1) is 0 Å².